The van der Waals surface area contributed by atoms with Gasteiger partial charge in [-0.25, -0.2) is 0 Å². The molecule has 2 amide bonds. The van der Waals surface area contributed by atoms with E-state index in [-0.39, 0.29) is 17.7 Å². The minimum Gasteiger partial charge on any atom is -0.342 e. The maximum Gasteiger partial charge on any atom is 0.232 e. The van der Waals surface area contributed by atoms with E-state index in [9.17, 15) is 9.59 Å². The fraction of sp³-hybridized carbons (Fsp3) is 0.364. The van der Waals surface area contributed by atoms with E-state index >= 15 is 0 Å². The van der Waals surface area contributed by atoms with Crippen molar-refractivity contribution in [3.63, 3.8) is 0 Å². The summed E-state index contributed by atoms with van der Waals surface area (Å²) in [7, 11) is 0. The van der Waals surface area contributed by atoms with E-state index in [1.165, 1.54) is 5.56 Å². The van der Waals surface area contributed by atoms with Gasteiger partial charge in [0, 0.05) is 31.7 Å². The smallest absolute Gasteiger partial charge is 0.232 e. The molecule has 0 N–H and O–H groups in total. The molecule has 1 unspecified atom stereocenters. The van der Waals surface area contributed by atoms with Crippen LogP contribution in [0, 0.1) is 5.92 Å². The van der Waals surface area contributed by atoms with E-state index in [2.05, 4.69) is 12.1 Å². The lowest BCUT2D eigenvalue weighted by Crippen LogP contribution is -2.37. The molecule has 1 heterocycles. The van der Waals surface area contributed by atoms with E-state index < -0.39 is 0 Å². The summed E-state index contributed by atoms with van der Waals surface area (Å²) in [5, 5.41) is 0. The van der Waals surface area contributed by atoms with Gasteiger partial charge in [0.1, 0.15) is 0 Å². The van der Waals surface area contributed by atoms with Gasteiger partial charge in [-0.2, -0.15) is 0 Å². The Morgan fingerprint density at radius 1 is 1.08 bits per heavy atom. The van der Waals surface area contributed by atoms with Crippen molar-refractivity contribution >= 4 is 17.5 Å². The average molecular weight is 350 g/mol. The van der Waals surface area contributed by atoms with Crippen molar-refractivity contribution < 1.29 is 9.59 Å². The molecule has 0 bridgehead atoms. The number of anilines is 1. The number of hydrogen-bond acceptors (Lipinski definition) is 2. The van der Waals surface area contributed by atoms with Gasteiger partial charge in [0.05, 0.1) is 5.92 Å². The normalized spacial score (nSPS) is 16.7. The van der Waals surface area contributed by atoms with Crippen LogP contribution in [0.25, 0.3) is 0 Å². The fourth-order valence-electron chi connectivity index (χ4n) is 3.57. The third-order valence-corrected chi connectivity index (χ3v) is 4.95. The maximum absolute atomic E-state index is 12.9. The first-order valence-electron chi connectivity index (χ1n) is 9.37. The maximum atomic E-state index is 12.9. The lowest BCUT2D eigenvalue weighted by Gasteiger charge is -2.24. The Morgan fingerprint density at radius 2 is 1.73 bits per heavy atom. The first-order valence-corrected chi connectivity index (χ1v) is 9.37. The zero-order chi connectivity index (χ0) is 18.4. The first-order chi connectivity index (χ1) is 12.7. The molecule has 0 spiro atoms. The number of amides is 2. The summed E-state index contributed by atoms with van der Waals surface area (Å²) in [4.78, 5) is 28.9. The zero-order valence-corrected chi connectivity index (χ0v) is 15.3. The lowest BCUT2D eigenvalue weighted by molar-refractivity contribution is -0.128. The Bertz CT molecular complexity index is 730. The number of hydrogen-bond donors (Lipinski definition) is 0. The third kappa shape index (κ3) is 4.31. The molecule has 4 nitrogen and oxygen atoms in total. The van der Waals surface area contributed by atoms with Crippen molar-refractivity contribution in [3.05, 3.63) is 66.2 Å². The Labute approximate surface area is 155 Å². The van der Waals surface area contributed by atoms with E-state index in [0.29, 0.717) is 19.5 Å². The Balaban J connectivity index is 1.55. The van der Waals surface area contributed by atoms with Crippen molar-refractivity contribution in [2.75, 3.05) is 24.5 Å². The number of rotatable bonds is 7. The second-order valence-corrected chi connectivity index (χ2v) is 6.75. The van der Waals surface area contributed by atoms with Crippen LogP contribution in [-0.4, -0.2) is 36.3 Å². The van der Waals surface area contributed by atoms with Crippen LogP contribution in [0.15, 0.2) is 60.7 Å². The van der Waals surface area contributed by atoms with Gasteiger partial charge in [-0.1, -0.05) is 48.5 Å². The molecule has 1 aliphatic rings. The van der Waals surface area contributed by atoms with Crippen molar-refractivity contribution in [1.82, 2.24) is 4.90 Å². The highest BCUT2D eigenvalue weighted by atomic mass is 16.2. The number of nitrogens with zero attached hydrogens (tertiary/aromatic N) is 2. The SMILES string of the molecule is CCN(C(=O)C1CC(=O)N(CCCc2ccccc2)C1)c1ccccc1. The quantitative estimate of drug-likeness (QED) is 0.766. The van der Waals surface area contributed by atoms with E-state index in [1.54, 1.807) is 4.90 Å². The number of carbonyl (C=O) groups is 2. The molecule has 0 saturated carbocycles. The first kappa shape index (κ1) is 18.2. The van der Waals surface area contributed by atoms with Crippen LogP contribution in [0.3, 0.4) is 0 Å². The van der Waals surface area contributed by atoms with Gasteiger partial charge in [0.25, 0.3) is 0 Å². The van der Waals surface area contributed by atoms with Gasteiger partial charge >= 0.3 is 0 Å². The molecule has 0 aliphatic carbocycles. The molecule has 26 heavy (non-hydrogen) atoms. The van der Waals surface area contributed by atoms with Crippen molar-refractivity contribution in [1.29, 1.82) is 0 Å². The van der Waals surface area contributed by atoms with Crippen LogP contribution < -0.4 is 4.90 Å². The summed E-state index contributed by atoms with van der Waals surface area (Å²) >= 11 is 0. The molecule has 1 saturated heterocycles. The van der Waals surface area contributed by atoms with Gasteiger partial charge in [0.15, 0.2) is 0 Å². The van der Waals surface area contributed by atoms with Crippen molar-refractivity contribution in [2.45, 2.75) is 26.2 Å². The standard InChI is InChI=1S/C22H26N2O2/c1-2-24(20-13-7-4-8-14-20)22(26)19-16-21(25)23(17-19)15-9-12-18-10-5-3-6-11-18/h3-8,10-11,13-14,19H,2,9,12,15-17H2,1H3. The summed E-state index contributed by atoms with van der Waals surface area (Å²) in [5.41, 5.74) is 2.18. The van der Waals surface area contributed by atoms with Crippen LogP contribution in [-0.2, 0) is 16.0 Å². The minimum atomic E-state index is -0.237. The van der Waals surface area contributed by atoms with Gasteiger partial charge < -0.3 is 9.80 Å². The third-order valence-electron chi connectivity index (χ3n) is 4.95. The van der Waals surface area contributed by atoms with Gasteiger partial charge in [-0.15, -0.1) is 0 Å². The number of para-hydroxylation sites is 1. The molecule has 2 aromatic carbocycles. The van der Waals surface area contributed by atoms with Crippen LogP contribution in [0.5, 0.6) is 0 Å². The molecule has 2 aromatic rings. The van der Waals surface area contributed by atoms with Crippen LogP contribution in [0.4, 0.5) is 5.69 Å². The molecule has 0 aromatic heterocycles. The molecule has 136 valence electrons. The van der Waals surface area contributed by atoms with Gasteiger partial charge in [0.2, 0.25) is 11.8 Å². The fourth-order valence-corrected chi connectivity index (χ4v) is 3.57. The monoisotopic (exact) mass is 350 g/mol. The van der Waals surface area contributed by atoms with Gasteiger partial charge in [-0.3, -0.25) is 9.59 Å². The number of benzene rings is 2. The number of likely N-dealkylation sites (tertiary alicyclic amines) is 1. The molecular formula is C22H26N2O2. The van der Waals surface area contributed by atoms with Gasteiger partial charge in [-0.05, 0) is 37.5 Å². The molecule has 3 rings (SSSR count). The summed E-state index contributed by atoms with van der Waals surface area (Å²) in [6, 6.07) is 20.0. The molecule has 1 fully saturated rings. The second-order valence-electron chi connectivity index (χ2n) is 6.75. The highest BCUT2D eigenvalue weighted by molar-refractivity contribution is 5.98. The number of aryl methyl sites for hydroxylation is 1. The van der Waals surface area contributed by atoms with E-state index in [0.717, 1.165) is 25.1 Å². The predicted octanol–water partition coefficient (Wildman–Crippen LogP) is 3.52. The summed E-state index contributed by atoms with van der Waals surface area (Å²) < 4.78 is 0. The summed E-state index contributed by atoms with van der Waals surface area (Å²) in [6.45, 7) is 3.84. The topological polar surface area (TPSA) is 40.6 Å². The molecule has 0 radical (unpaired) electrons. The lowest BCUT2D eigenvalue weighted by atomic mass is 10.1. The predicted molar refractivity (Wildman–Crippen MR) is 104 cm³/mol. The average Bonchev–Trinajstić information content (AvgIpc) is 3.05. The summed E-state index contributed by atoms with van der Waals surface area (Å²) in [5.74, 6) is -0.0856. The van der Waals surface area contributed by atoms with Crippen LogP contribution >= 0.6 is 0 Å². The van der Waals surface area contributed by atoms with Crippen molar-refractivity contribution in [3.8, 4) is 0 Å². The molecular weight excluding hydrogens is 324 g/mol. The second kappa shape index (κ2) is 8.65. The molecule has 1 atom stereocenters. The minimum absolute atomic E-state index is 0.0533. The molecule has 4 heteroatoms. The Hall–Kier alpha value is -2.62. The highest BCUT2D eigenvalue weighted by Gasteiger charge is 2.36. The molecule has 1 aliphatic heterocycles. The Morgan fingerprint density at radius 3 is 2.38 bits per heavy atom. The number of carbonyl (C=O) groups excluding carboxylic acids is 2. The van der Waals surface area contributed by atoms with Crippen LogP contribution in [0.2, 0.25) is 0 Å². The van der Waals surface area contributed by atoms with E-state index in [4.69, 9.17) is 0 Å². The largest absolute Gasteiger partial charge is 0.342 e. The zero-order valence-electron chi connectivity index (χ0n) is 15.3. The van der Waals surface area contributed by atoms with E-state index in [1.807, 2.05) is 60.4 Å². The van der Waals surface area contributed by atoms with Crippen LogP contribution in [0.1, 0.15) is 25.3 Å². The Kier molecular flexibility index (Phi) is 6.05. The summed E-state index contributed by atoms with van der Waals surface area (Å²) in [6.07, 6.45) is 2.20. The highest BCUT2D eigenvalue weighted by Crippen LogP contribution is 2.24. The van der Waals surface area contributed by atoms with Crippen molar-refractivity contribution in [2.24, 2.45) is 5.92 Å².